The summed E-state index contributed by atoms with van der Waals surface area (Å²) in [6, 6.07) is 4.17. The lowest BCUT2D eigenvalue weighted by atomic mass is 10.3. The minimum absolute atomic E-state index is 0.538. The number of rotatable bonds is 7. The average molecular weight is 275 g/mol. The first kappa shape index (κ1) is 13.4. The maximum atomic E-state index is 6.00. The van der Waals surface area contributed by atoms with Crippen molar-refractivity contribution in [2.24, 2.45) is 0 Å². The molecule has 0 aliphatic carbocycles. The first-order chi connectivity index (χ1) is 9.31. The van der Waals surface area contributed by atoms with Crippen LogP contribution in [0, 0.1) is 0 Å². The summed E-state index contributed by atoms with van der Waals surface area (Å²) in [6.07, 6.45) is 4.21. The van der Waals surface area contributed by atoms with E-state index in [9.17, 15) is 0 Å². The quantitative estimate of drug-likeness (QED) is 0.676. The van der Waals surface area contributed by atoms with Gasteiger partial charge in [-0.05, 0) is 17.9 Å². The van der Waals surface area contributed by atoms with Gasteiger partial charge in [-0.15, -0.1) is 17.9 Å². The molecule has 0 spiro atoms. The molecular weight excluding hydrogens is 258 g/mol. The fourth-order valence-corrected chi connectivity index (χ4v) is 2.31. The molecule has 2 aromatic heterocycles. The van der Waals surface area contributed by atoms with Gasteiger partial charge in [0.2, 0.25) is 0 Å². The molecule has 0 aromatic carbocycles. The van der Waals surface area contributed by atoms with Crippen LogP contribution < -0.4 is 16.4 Å². The molecule has 0 fully saturated rings. The molecule has 0 saturated heterocycles. The van der Waals surface area contributed by atoms with Gasteiger partial charge in [0.05, 0.1) is 0 Å². The maximum Gasteiger partial charge on any atom is 0.155 e. The second-order valence-electron chi connectivity index (χ2n) is 3.91. The molecular formula is C13H17N5S. The molecule has 0 atom stereocenters. The van der Waals surface area contributed by atoms with Crippen LogP contribution in [0.3, 0.4) is 0 Å². The molecule has 0 aliphatic rings. The Labute approximate surface area is 116 Å². The Balaban J connectivity index is 1.94. The highest BCUT2D eigenvalue weighted by Gasteiger charge is 2.06. The van der Waals surface area contributed by atoms with Gasteiger partial charge in [0.25, 0.3) is 0 Å². The van der Waals surface area contributed by atoms with Gasteiger partial charge >= 0.3 is 0 Å². The van der Waals surface area contributed by atoms with Crippen molar-refractivity contribution in [3.8, 4) is 0 Å². The second-order valence-corrected chi connectivity index (χ2v) is 4.94. The number of aromatic nitrogens is 2. The second kappa shape index (κ2) is 6.75. The van der Waals surface area contributed by atoms with Gasteiger partial charge in [0.1, 0.15) is 12.0 Å². The summed E-state index contributed by atoms with van der Waals surface area (Å²) in [7, 11) is 0. The number of nitrogen functional groups attached to an aromatic ring is 1. The van der Waals surface area contributed by atoms with Crippen LogP contribution in [0.2, 0.25) is 0 Å². The normalized spacial score (nSPS) is 10.1. The van der Waals surface area contributed by atoms with E-state index < -0.39 is 0 Å². The van der Waals surface area contributed by atoms with Crippen molar-refractivity contribution in [1.29, 1.82) is 0 Å². The van der Waals surface area contributed by atoms with Crippen LogP contribution in [-0.2, 0) is 6.42 Å². The van der Waals surface area contributed by atoms with E-state index in [1.54, 1.807) is 17.4 Å². The van der Waals surface area contributed by atoms with Crippen LogP contribution in [0.5, 0.6) is 0 Å². The molecule has 0 radical (unpaired) electrons. The molecule has 100 valence electrons. The van der Waals surface area contributed by atoms with Crippen LogP contribution in [-0.4, -0.2) is 23.1 Å². The number of nitrogens with one attached hydrogen (secondary N) is 2. The topological polar surface area (TPSA) is 75.9 Å². The molecule has 2 aromatic rings. The van der Waals surface area contributed by atoms with E-state index in [2.05, 4.69) is 44.7 Å². The summed E-state index contributed by atoms with van der Waals surface area (Å²) in [5.74, 6) is 1.30. The molecule has 0 unspecified atom stereocenters. The molecule has 0 bridgehead atoms. The third-order valence-electron chi connectivity index (χ3n) is 2.54. The smallest absolute Gasteiger partial charge is 0.155 e. The van der Waals surface area contributed by atoms with Crippen LogP contribution in [0.4, 0.5) is 17.3 Å². The molecule has 0 amide bonds. The van der Waals surface area contributed by atoms with E-state index in [1.807, 2.05) is 0 Å². The minimum Gasteiger partial charge on any atom is -0.393 e. The maximum absolute atomic E-state index is 6.00. The van der Waals surface area contributed by atoms with E-state index in [1.165, 1.54) is 11.2 Å². The van der Waals surface area contributed by atoms with Crippen LogP contribution in [0.25, 0.3) is 0 Å². The molecule has 5 nitrogen and oxygen atoms in total. The SMILES string of the molecule is C=CCNc1ncnc(NCCc2cccs2)c1N. The molecule has 4 N–H and O–H groups in total. The lowest BCUT2D eigenvalue weighted by Gasteiger charge is -2.11. The summed E-state index contributed by atoms with van der Waals surface area (Å²) in [6.45, 7) is 5.06. The lowest BCUT2D eigenvalue weighted by Crippen LogP contribution is -2.11. The van der Waals surface area contributed by atoms with Gasteiger partial charge in [-0.3, -0.25) is 0 Å². The Bertz CT molecular complexity index is 524. The van der Waals surface area contributed by atoms with Crippen molar-refractivity contribution in [3.63, 3.8) is 0 Å². The van der Waals surface area contributed by atoms with Gasteiger partial charge in [-0.2, -0.15) is 0 Å². The zero-order valence-electron chi connectivity index (χ0n) is 10.6. The van der Waals surface area contributed by atoms with Crippen LogP contribution >= 0.6 is 11.3 Å². The highest BCUT2D eigenvalue weighted by Crippen LogP contribution is 2.22. The van der Waals surface area contributed by atoms with Crippen molar-refractivity contribution in [2.45, 2.75) is 6.42 Å². The van der Waals surface area contributed by atoms with Gasteiger partial charge in [-0.25, -0.2) is 9.97 Å². The standard InChI is InChI=1S/C13H17N5S/c1-2-6-15-12-11(14)13(18-9-17-12)16-7-5-10-4-3-8-19-10/h2-4,8-9H,1,5-7,14H2,(H2,15,16,17,18). The van der Waals surface area contributed by atoms with Crippen molar-refractivity contribution < 1.29 is 0 Å². The third kappa shape index (κ3) is 3.69. The number of nitrogens with zero attached hydrogens (tertiary/aromatic N) is 2. The first-order valence-corrected chi connectivity index (χ1v) is 6.90. The third-order valence-corrected chi connectivity index (χ3v) is 3.48. The zero-order chi connectivity index (χ0) is 13.5. The highest BCUT2D eigenvalue weighted by molar-refractivity contribution is 7.09. The molecule has 19 heavy (non-hydrogen) atoms. The number of hydrogen-bond donors (Lipinski definition) is 3. The van der Waals surface area contributed by atoms with Gasteiger partial charge < -0.3 is 16.4 Å². The average Bonchev–Trinajstić information content (AvgIpc) is 2.92. The van der Waals surface area contributed by atoms with Gasteiger partial charge in [0.15, 0.2) is 11.6 Å². The van der Waals surface area contributed by atoms with Gasteiger partial charge in [0, 0.05) is 18.0 Å². The van der Waals surface area contributed by atoms with Crippen molar-refractivity contribution >= 4 is 28.7 Å². The largest absolute Gasteiger partial charge is 0.393 e. The number of thiophene rings is 1. The summed E-state index contributed by atoms with van der Waals surface area (Å²) < 4.78 is 0. The van der Waals surface area contributed by atoms with E-state index in [0.717, 1.165) is 13.0 Å². The Morgan fingerprint density at radius 1 is 1.32 bits per heavy atom. The fourth-order valence-electron chi connectivity index (χ4n) is 1.61. The predicted molar refractivity (Wildman–Crippen MR) is 81.6 cm³/mol. The fraction of sp³-hybridized carbons (Fsp3) is 0.231. The van der Waals surface area contributed by atoms with E-state index in [0.29, 0.717) is 23.9 Å². The molecule has 2 rings (SSSR count). The van der Waals surface area contributed by atoms with Crippen molar-refractivity contribution in [1.82, 2.24) is 9.97 Å². The summed E-state index contributed by atoms with van der Waals surface area (Å²) >= 11 is 1.75. The first-order valence-electron chi connectivity index (χ1n) is 6.02. The number of nitrogens with two attached hydrogens (primary N) is 1. The Morgan fingerprint density at radius 3 is 2.79 bits per heavy atom. The molecule has 6 heteroatoms. The molecule has 0 aliphatic heterocycles. The Hall–Kier alpha value is -2.08. The van der Waals surface area contributed by atoms with Gasteiger partial charge in [-0.1, -0.05) is 12.1 Å². The summed E-state index contributed by atoms with van der Waals surface area (Å²) in [5, 5.41) is 8.38. The molecule has 0 saturated carbocycles. The predicted octanol–water partition coefficient (Wildman–Crippen LogP) is 2.37. The Kier molecular flexibility index (Phi) is 4.74. The lowest BCUT2D eigenvalue weighted by molar-refractivity contribution is 1.02. The molecule has 2 heterocycles. The van der Waals surface area contributed by atoms with Crippen molar-refractivity contribution in [2.75, 3.05) is 29.5 Å². The van der Waals surface area contributed by atoms with E-state index in [-0.39, 0.29) is 0 Å². The summed E-state index contributed by atoms with van der Waals surface area (Å²) in [5.41, 5.74) is 6.54. The number of anilines is 3. The highest BCUT2D eigenvalue weighted by atomic mass is 32.1. The van der Waals surface area contributed by atoms with E-state index >= 15 is 0 Å². The zero-order valence-corrected chi connectivity index (χ0v) is 11.4. The summed E-state index contributed by atoms with van der Waals surface area (Å²) in [4.78, 5) is 9.60. The van der Waals surface area contributed by atoms with E-state index in [4.69, 9.17) is 5.73 Å². The van der Waals surface area contributed by atoms with Crippen molar-refractivity contribution in [3.05, 3.63) is 41.4 Å². The minimum atomic E-state index is 0.538. The van der Waals surface area contributed by atoms with Crippen LogP contribution in [0.1, 0.15) is 4.88 Å². The number of hydrogen-bond acceptors (Lipinski definition) is 6. The Morgan fingerprint density at radius 2 is 2.11 bits per heavy atom. The monoisotopic (exact) mass is 275 g/mol. The van der Waals surface area contributed by atoms with Crippen LogP contribution in [0.15, 0.2) is 36.5 Å².